The van der Waals surface area contributed by atoms with E-state index in [9.17, 15) is 0 Å². The van der Waals surface area contributed by atoms with Gasteiger partial charge in [-0.2, -0.15) is 0 Å². The van der Waals surface area contributed by atoms with Crippen molar-refractivity contribution < 1.29 is 9.47 Å². The van der Waals surface area contributed by atoms with Crippen LogP contribution in [0.3, 0.4) is 0 Å². The summed E-state index contributed by atoms with van der Waals surface area (Å²) in [7, 11) is 1.54. The van der Waals surface area contributed by atoms with Gasteiger partial charge in [0.1, 0.15) is 6.33 Å². The van der Waals surface area contributed by atoms with E-state index >= 15 is 0 Å². The minimum atomic E-state index is 0.303. The highest BCUT2D eigenvalue weighted by Gasteiger charge is 2.08. The summed E-state index contributed by atoms with van der Waals surface area (Å²) in [6.45, 7) is 4.22. The summed E-state index contributed by atoms with van der Waals surface area (Å²) in [5, 5.41) is 3.40. The van der Waals surface area contributed by atoms with E-state index in [-0.39, 0.29) is 0 Å². The Morgan fingerprint density at radius 1 is 1.35 bits per heavy atom. The average molecular weight is 260 g/mol. The molecule has 0 aliphatic heterocycles. The number of hydrogen-bond donors (Lipinski definition) is 1. The molecule has 0 fully saturated rings. The quantitative estimate of drug-likeness (QED) is 0.574. The van der Waals surface area contributed by atoms with Gasteiger partial charge in [-0.1, -0.05) is 24.9 Å². The van der Waals surface area contributed by atoms with E-state index in [1.165, 1.54) is 13.4 Å². The molecule has 5 nitrogen and oxygen atoms in total. The highest BCUT2D eigenvalue weighted by atomic mass is 35.5. The van der Waals surface area contributed by atoms with E-state index in [1.807, 2.05) is 0 Å². The van der Waals surface area contributed by atoms with Gasteiger partial charge >= 0.3 is 0 Å². The molecule has 96 valence electrons. The van der Waals surface area contributed by atoms with E-state index in [0.717, 1.165) is 19.4 Å². The molecule has 1 N–H and O–H groups in total. The van der Waals surface area contributed by atoms with E-state index in [0.29, 0.717) is 29.9 Å². The number of halogens is 1. The van der Waals surface area contributed by atoms with Crippen LogP contribution in [0.2, 0.25) is 5.15 Å². The van der Waals surface area contributed by atoms with E-state index in [1.54, 1.807) is 0 Å². The predicted molar refractivity (Wildman–Crippen MR) is 67.8 cm³/mol. The van der Waals surface area contributed by atoms with Crippen molar-refractivity contribution in [2.24, 2.45) is 0 Å². The van der Waals surface area contributed by atoms with Crippen LogP contribution in [0.5, 0.6) is 5.75 Å². The highest BCUT2D eigenvalue weighted by Crippen LogP contribution is 2.27. The molecular weight excluding hydrogens is 242 g/mol. The Balaban J connectivity index is 2.33. The molecule has 0 aliphatic carbocycles. The normalized spacial score (nSPS) is 10.3. The molecule has 0 amide bonds. The summed E-state index contributed by atoms with van der Waals surface area (Å²) in [6.07, 6.45) is 3.62. The second-order valence-electron chi connectivity index (χ2n) is 3.44. The molecule has 17 heavy (non-hydrogen) atoms. The van der Waals surface area contributed by atoms with Crippen molar-refractivity contribution in [2.75, 3.05) is 32.2 Å². The predicted octanol–water partition coefficient (Wildman–Crippen LogP) is 2.37. The summed E-state index contributed by atoms with van der Waals surface area (Å²) in [4.78, 5) is 7.89. The van der Waals surface area contributed by atoms with Crippen LogP contribution in [-0.4, -0.2) is 36.8 Å². The van der Waals surface area contributed by atoms with Gasteiger partial charge in [-0.25, -0.2) is 9.97 Å². The molecule has 0 saturated heterocycles. The van der Waals surface area contributed by atoms with E-state index in [2.05, 4.69) is 22.2 Å². The first-order chi connectivity index (χ1) is 8.29. The number of unbranched alkanes of at least 4 members (excludes halogenated alkanes) is 1. The maximum Gasteiger partial charge on any atom is 0.198 e. The monoisotopic (exact) mass is 259 g/mol. The van der Waals surface area contributed by atoms with Crippen LogP contribution < -0.4 is 10.1 Å². The lowest BCUT2D eigenvalue weighted by Gasteiger charge is -2.10. The molecular formula is C11H18ClN3O2. The van der Waals surface area contributed by atoms with E-state index < -0.39 is 0 Å². The lowest BCUT2D eigenvalue weighted by molar-refractivity contribution is 0.141. The molecule has 1 aromatic heterocycles. The van der Waals surface area contributed by atoms with Crippen LogP contribution >= 0.6 is 11.6 Å². The molecule has 0 spiro atoms. The van der Waals surface area contributed by atoms with Crippen molar-refractivity contribution in [3.05, 3.63) is 11.5 Å². The van der Waals surface area contributed by atoms with Crippen LogP contribution in [0.1, 0.15) is 19.8 Å². The number of ether oxygens (including phenoxy) is 2. The van der Waals surface area contributed by atoms with E-state index in [4.69, 9.17) is 21.1 Å². The van der Waals surface area contributed by atoms with Gasteiger partial charge in [0.25, 0.3) is 0 Å². The number of nitrogens with zero attached hydrogens (tertiary/aromatic N) is 2. The SMILES string of the molecule is CCCCOCCNc1ncnc(Cl)c1OC. The van der Waals surface area contributed by atoms with Crippen LogP contribution in [0, 0.1) is 0 Å². The van der Waals surface area contributed by atoms with Gasteiger partial charge in [0, 0.05) is 13.2 Å². The minimum absolute atomic E-state index is 0.303. The number of hydrogen-bond acceptors (Lipinski definition) is 5. The summed E-state index contributed by atoms with van der Waals surface area (Å²) < 4.78 is 10.5. The number of rotatable bonds is 8. The third-order valence-corrected chi connectivity index (χ3v) is 2.41. The number of nitrogens with one attached hydrogen (secondary N) is 1. The van der Waals surface area contributed by atoms with Gasteiger partial charge in [0.15, 0.2) is 16.7 Å². The number of aromatic nitrogens is 2. The first-order valence-corrected chi connectivity index (χ1v) is 6.03. The van der Waals surface area contributed by atoms with Crippen molar-refractivity contribution >= 4 is 17.4 Å². The average Bonchev–Trinajstić information content (AvgIpc) is 2.34. The Bertz CT molecular complexity index is 336. The Labute approximate surface area is 107 Å². The Kier molecular flexibility index (Phi) is 6.65. The first kappa shape index (κ1) is 14.0. The maximum absolute atomic E-state index is 5.86. The summed E-state index contributed by atoms with van der Waals surface area (Å²) in [5.41, 5.74) is 0. The van der Waals surface area contributed by atoms with Crippen molar-refractivity contribution in [1.82, 2.24) is 9.97 Å². The summed E-state index contributed by atoms with van der Waals surface area (Å²) >= 11 is 5.86. The standard InChI is InChI=1S/C11H18ClN3O2/c1-3-4-6-17-7-5-13-11-9(16-2)10(12)14-8-15-11/h8H,3-7H2,1-2H3,(H,13,14,15). The lowest BCUT2D eigenvalue weighted by atomic mass is 10.4. The van der Waals surface area contributed by atoms with Crippen molar-refractivity contribution in [3.8, 4) is 5.75 Å². The molecule has 0 aliphatic rings. The van der Waals surface area contributed by atoms with Gasteiger partial charge in [-0.3, -0.25) is 0 Å². The van der Waals surface area contributed by atoms with Crippen LogP contribution in [0.4, 0.5) is 5.82 Å². The largest absolute Gasteiger partial charge is 0.490 e. The molecule has 0 bridgehead atoms. The topological polar surface area (TPSA) is 56.3 Å². The minimum Gasteiger partial charge on any atom is -0.490 e. The molecule has 0 saturated carbocycles. The van der Waals surface area contributed by atoms with Gasteiger partial charge < -0.3 is 14.8 Å². The first-order valence-electron chi connectivity index (χ1n) is 5.65. The summed E-state index contributed by atoms with van der Waals surface area (Å²) in [6, 6.07) is 0. The molecule has 0 radical (unpaired) electrons. The molecule has 0 atom stereocenters. The summed E-state index contributed by atoms with van der Waals surface area (Å²) in [5.74, 6) is 1.05. The zero-order chi connectivity index (χ0) is 12.5. The lowest BCUT2D eigenvalue weighted by Crippen LogP contribution is -2.12. The van der Waals surface area contributed by atoms with Crippen molar-refractivity contribution in [1.29, 1.82) is 0 Å². The van der Waals surface area contributed by atoms with Gasteiger partial charge in [0.05, 0.1) is 13.7 Å². The fraction of sp³-hybridized carbons (Fsp3) is 0.636. The van der Waals surface area contributed by atoms with Gasteiger partial charge in [-0.15, -0.1) is 0 Å². The Hall–Kier alpha value is -1.07. The molecule has 0 aromatic carbocycles. The fourth-order valence-electron chi connectivity index (χ4n) is 1.25. The third kappa shape index (κ3) is 4.75. The zero-order valence-electron chi connectivity index (χ0n) is 10.2. The molecule has 6 heteroatoms. The Morgan fingerprint density at radius 2 is 2.18 bits per heavy atom. The molecule has 0 unspecified atom stereocenters. The fourth-order valence-corrected chi connectivity index (χ4v) is 1.46. The van der Waals surface area contributed by atoms with Crippen LogP contribution in [-0.2, 0) is 4.74 Å². The van der Waals surface area contributed by atoms with Crippen molar-refractivity contribution in [2.45, 2.75) is 19.8 Å². The third-order valence-electron chi connectivity index (χ3n) is 2.15. The number of methoxy groups -OCH3 is 1. The molecule has 1 rings (SSSR count). The van der Waals surface area contributed by atoms with Crippen LogP contribution in [0.15, 0.2) is 6.33 Å². The van der Waals surface area contributed by atoms with Crippen molar-refractivity contribution in [3.63, 3.8) is 0 Å². The van der Waals surface area contributed by atoms with Gasteiger partial charge in [0.2, 0.25) is 0 Å². The second-order valence-corrected chi connectivity index (χ2v) is 3.80. The van der Waals surface area contributed by atoms with Crippen LogP contribution in [0.25, 0.3) is 0 Å². The van der Waals surface area contributed by atoms with Gasteiger partial charge in [-0.05, 0) is 6.42 Å². The maximum atomic E-state index is 5.86. The smallest absolute Gasteiger partial charge is 0.198 e. The Morgan fingerprint density at radius 3 is 2.88 bits per heavy atom. The second kappa shape index (κ2) is 8.08. The number of anilines is 1. The zero-order valence-corrected chi connectivity index (χ0v) is 11.0. The molecule has 1 aromatic rings. The highest BCUT2D eigenvalue weighted by molar-refractivity contribution is 6.31. The molecule has 1 heterocycles.